The van der Waals surface area contributed by atoms with Crippen molar-refractivity contribution in [3.05, 3.63) is 17.8 Å². The van der Waals surface area contributed by atoms with Crippen molar-refractivity contribution in [3.8, 4) is 0 Å². The van der Waals surface area contributed by atoms with E-state index in [1.807, 2.05) is 6.20 Å². The van der Waals surface area contributed by atoms with Gasteiger partial charge in [0.25, 0.3) is 0 Å². The summed E-state index contributed by atoms with van der Waals surface area (Å²) in [6, 6.07) is 2.08. The quantitative estimate of drug-likeness (QED) is 0.799. The Balaban J connectivity index is 1.94. The second-order valence-corrected chi connectivity index (χ2v) is 5.91. The lowest BCUT2D eigenvalue weighted by Gasteiger charge is -2.41. The Bertz CT molecular complexity index is 500. The number of carbonyl (C=O) groups is 1. The number of fused-ring (bicyclic) bond motifs is 1. The van der Waals surface area contributed by atoms with Gasteiger partial charge in [-0.1, -0.05) is 0 Å². The van der Waals surface area contributed by atoms with Gasteiger partial charge in [-0.05, 0) is 26.3 Å². The lowest BCUT2D eigenvalue weighted by atomic mass is 10.0. The molecule has 0 saturated carbocycles. The minimum absolute atomic E-state index is 0.122. The van der Waals surface area contributed by atoms with Gasteiger partial charge in [0.05, 0.1) is 0 Å². The molecule has 0 radical (unpaired) electrons. The number of amides is 1. The van der Waals surface area contributed by atoms with Crippen LogP contribution in [0, 0.1) is 0 Å². The fraction of sp³-hybridized carbons (Fsp3) is 0.571. The first-order valence-electron chi connectivity index (χ1n) is 6.80. The zero-order valence-corrected chi connectivity index (χ0v) is 11.5. The highest BCUT2D eigenvalue weighted by Crippen LogP contribution is 2.33. The SMILES string of the molecule is CC1(C)CN(c2ccnc3c2CCN3C=O)CCN1. The average molecular weight is 260 g/mol. The minimum Gasteiger partial charge on any atom is -0.368 e. The Morgan fingerprint density at radius 1 is 1.42 bits per heavy atom. The van der Waals surface area contributed by atoms with Crippen molar-refractivity contribution >= 4 is 17.9 Å². The molecule has 2 aliphatic heterocycles. The van der Waals surface area contributed by atoms with Crippen LogP contribution in [0.5, 0.6) is 0 Å². The van der Waals surface area contributed by atoms with Gasteiger partial charge >= 0.3 is 0 Å². The summed E-state index contributed by atoms with van der Waals surface area (Å²) in [5, 5.41) is 3.52. The van der Waals surface area contributed by atoms with Gasteiger partial charge in [-0.25, -0.2) is 4.98 Å². The lowest BCUT2D eigenvalue weighted by Crippen LogP contribution is -2.57. The van der Waals surface area contributed by atoms with Gasteiger partial charge in [0.1, 0.15) is 5.82 Å². The molecule has 3 heterocycles. The fourth-order valence-corrected chi connectivity index (χ4v) is 3.04. The average Bonchev–Trinajstić information content (AvgIpc) is 2.80. The van der Waals surface area contributed by atoms with E-state index in [4.69, 9.17) is 0 Å². The molecule has 0 spiro atoms. The highest BCUT2D eigenvalue weighted by molar-refractivity contribution is 5.80. The molecule has 0 unspecified atom stereocenters. The summed E-state index contributed by atoms with van der Waals surface area (Å²) in [5.74, 6) is 0.837. The van der Waals surface area contributed by atoms with Crippen LogP contribution < -0.4 is 15.1 Å². The number of piperazine rings is 1. The first kappa shape index (κ1) is 12.4. The first-order chi connectivity index (χ1) is 9.11. The van der Waals surface area contributed by atoms with Crippen molar-refractivity contribution in [1.29, 1.82) is 0 Å². The van der Waals surface area contributed by atoms with Gasteiger partial charge in [0.2, 0.25) is 6.41 Å². The molecule has 1 aromatic rings. The summed E-state index contributed by atoms with van der Waals surface area (Å²) >= 11 is 0. The number of aromatic nitrogens is 1. The van der Waals surface area contributed by atoms with Crippen LogP contribution in [-0.4, -0.2) is 43.1 Å². The van der Waals surface area contributed by atoms with Crippen molar-refractivity contribution in [2.45, 2.75) is 25.8 Å². The molecule has 2 aliphatic rings. The smallest absolute Gasteiger partial charge is 0.215 e. The molecule has 1 amide bonds. The summed E-state index contributed by atoms with van der Waals surface area (Å²) in [6.45, 7) is 8.15. The number of hydrogen-bond donors (Lipinski definition) is 1. The molecular weight excluding hydrogens is 240 g/mol. The molecule has 0 aromatic carbocycles. The molecule has 5 heteroatoms. The van der Waals surface area contributed by atoms with E-state index >= 15 is 0 Å². The highest BCUT2D eigenvalue weighted by Gasteiger charge is 2.30. The molecule has 19 heavy (non-hydrogen) atoms. The van der Waals surface area contributed by atoms with Crippen LogP contribution in [0.2, 0.25) is 0 Å². The van der Waals surface area contributed by atoms with Crippen LogP contribution >= 0.6 is 0 Å². The Hall–Kier alpha value is -1.62. The number of anilines is 2. The molecular formula is C14H20N4O. The van der Waals surface area contributed by atoms with E-state index < -0.39 is 0 Å². The van der Waals surface area contributed by atoms with E-state index in [1.165, 1.54) is 11.3 Å². The van der Waals surface area contributed by atoms with E-state index in [0.29, 0.717) is 0 Å². The maximum Gasteiger partial charge on any atom is 0.215 e. The van der Waals surface area contributed by atoms with Crippen molar-refractivity contribution < 1.29 is 4.79 Å². The van der Waals surface area contributed by atoms with E-state index in [9.17, 15) is 4.79 Å². The topological polar surface area (TPSA) is 48.5 Å². The Kier molecular flexibility index (Phi) is 2.93. The number of carbonyl (C=O) groups excluding carboxylic acids is 1. The first-order valence-corrected chi connectivity index (χ1v) is 6.80. The third-order valence-corrected chi connectivity index (χ3v) is 3.92. The lowest BCUT2D eigenvalue weighted by molar-refractivity contribution is -0.107. The van der Waals surface area contributed by atoms with E-state index in [-0.39, 0.29) is 5.54 Å². The van der Waals surface area contributed by atoms with E-state index in [1.54, 1.807) is 4.90 Å². The molecule has 0 aliphatic carbocycles. The van der Waals surface area contributed by atoms with Crippen LogP contribution in [0.25, 0.3) is 0 Å². The zero-order chi connectivity index (χ0) is 13.5. The number of pyridine rings is 1. The second-order valence-electron chi connectivity index (χ2n) is 5.91. The normalized spacial score (nSPS) is 21.4. The van der Waals surface area contributed by atoms with Crippen LogP contribution in [0.1, 0.15) is 19.4 Å². The van der Waals surface area contributed by atoms with Crippen LogP contribution in [0.15, 0.2) is 12.3 Å². The number of nitrogens with one attached hydrogen (secondary N) is 1. The molecule has 1 N–H and O–H groups in total. The third-order valence-electron chi connectivity index (χ3n) is 3.92. The Morgan fingerprint density at radius 3 is 3.00 bits per heavy atom. The van der Waals surface area contributed by atoms with Crippen LogP contribution in [0.3, 0.4) is 0 Å². The Labute approximate surface area is 113 Å². The fourth-order valence-electron chi connectivity index (χ4n) is 3.04. The second kappa shape index (κ2) is 4.49. The van der Waals surface area contributed by atoms with Crippen molar-refractivity contribution in [2.24, 2.45) is 0 Å². The van der Waals surface area contributed by atoms with Crippen molar-refractivity contribution in [2.75, 3.05) is 36.0 Å². The largest absolute Gasteiger partial charge is 0.368 e. The van der Waals surface area contributed by atoms with Gasteiger partial charge in [0.15, 0.2) is 0 Å². The minimum atomic E-state index is 0.122. The van der Waals surface area contributed by atoms with Gasteiger partial charge in [-0.2, -0.15) is 0 Å². The molecule has 1 aromatic heterocycles. The molecule has 0 atom stereocenters. The maximum atomic E-state index is 11.0. The predicted molar refractivity (Wildman–Crippen MR) is 75.6 cm³/mol. The highest BCUT2D eigenvalue weighted by atomic mass is 16.1. The molecule has 1 saturated heterocycles. The van der Waals surface area contributed by atoms with Gasteiger partial charge < -0.3 is 10.2 Å². The van der Waals surface area contributed by atoms with E-state index in [2.05, 4.69) is 35.1 Å². The van der Waals surface area contributed by atoms with Crippen LogP contribution in [0.4, 0.5) is 11.5 Å². The van der Waals surface area contributed by atoms with Crippen LogP contribution in [-0.2, 0) is 11.2 Å². The summed E-state index contributed by atoms with van der Waals surface area (Å²) < 4.78 is 0. The molecule has 1 fully saturated rings. The van der Waals surface area contributed by atoms with Gasteiger partial charge in [-0.3, -0.25) is 9.69 Å². The maximum absolute atomic E-state index is 11.0. The Morgan fingerprint density at radius 2 is 2.26 bits per heavy atom. The van der Waals surface area contributed by atoms with Crippen molar-refractivity contribution in [1.82, 2.24) is 10.3 Å². The van der Waals surface area contributed by atoms with E-state index in [0.717, 1.165) is 44.8 Å². The standard InChI is InChI=1S/C14H20N4O/c1-14(2)9-17(8-6-16-14)12-3-5-15-13-11(12)4-7-18(13)10-19/h3,5,10,16H,4,6-9H2,1-2H3. The van der Waals surface area contributed by atoms with Crippen molar-refractivity contribution in [3.63, 3.8) is 0 Å². The summed E-state index contributed by atoms with van der Waals surface area (Å²) in [6.07, 6.45) is 3.59. The summed E-state index contributed by atoms with van der Waals surface area (Å²) in [4.78, 5) is 19.5. The number of rotatable bonds is 2. The predicted octanol–water partition coefficient (Wildman–Crippen LogP) is 0.789. The summed E-state index contributed by atoms with van der Waals surface area (Å²) in [7, 11) is 0. The molecule has 5 nitrogen and oxygen atoms in total. The molecule has 0 bridgehead atoms. The molecule has 102 valence electrons. The molecule has 3 rings (SSSR count). The monoisotopic (exact) mass is 260 g/mol. The zero-order valence-electron chi connectivity index (χ0n) is 11.5. The van der Waals surface area contributed by atoms with Gasteiger partial charge in [0, 0.05) is 49.2 Å². The summed E-state index contributed by atoms with van der Waals surface area (Å²) in [5.41, 5.74) is 2.58. The van der Waals surface area contributed by atoms with Gasteiger partial charge in [-0.15, -0.1) is 0 Å². The number of hydrogen-bond acceptors (Lipinski definition) is 4. The number of nitrogens with zero attached hydrogens (tertiary/aromatic N) is 3. The third kappa shape index (κ3) is 2.18.